The Morgan fingerprint density at radius 3 is 2.90 bits per heavy atom. The number of esters is 1. The molecule has 1 aromatic rings. The van der Waals surface area contributed by atoms with Crippen molar-refractivity contribution in [2.45, 2.75) is 6.42 Å². The van der Waals surface area contributed by atoms with Crippen LogP contribution in [-0.2, 0) is 9.53 Å². The van der Waals surface area contributed by atoms with Gasteiger partial charge in [-0.2, -0.15) is 0 Å². The minimum atomic E-state index is -0.671. The number of hydrogen-bond donors (Lipinski definition) is 1. The van der Waals surface area contributed by atoms with E-state index in [2.05, 4.69) is 15.0 Å². The van der Waals surface area contributed by atoms with Crippen LogP contribution in [0.4, 0.5) is 11.5 Å². The maximum Gasteiger partial charge on any atom is 0.356 e. The average molecular weight is 294 g/mol. The third kappa shape index (κ3) is 3.25. The number of methoxy groups -OCH3 is 1. The first-order chi connectivity index (χ1) is 10.0. The molecule has 21 heavy (non-hydrogen) atoms. The van der Waals surface area contributed by atoms with E-state index in [-0.39, 0.29) is 29.5 Å². The van der Waals surface area contributed by atoms with Gasteiger partial charge in [0.2, 0.25) is 11.7 Å². The van der Waals surface area contributed by atoms with E-state index in [1.807, 2.05) is 0 Å². The molecule has 1 fully saturated rings. The smallest absolute Gasteiger partial charge is 0.356 e. The van der Waals surface area contributed by atoms with Gasteiger partial charge in [-0.3, -0.25) is 14.9 Å². The molecule has 1 N–H and O–H groups in total. The molecule has 1 amide bonds. The summed E-state index contributed by atoms with van der Waals surface area (Å²) in [7, 11) is 1.21. The highest BCUT2D eigenvalue weighted by atomic mass is 16.6. The molecule has 2 rings (SSSR count). The number of hydrogen-bond acceptors (Lipinski definition) is 7. The highest BCUT2D eigenvalue weighted by Crippen LogP contribution is 2.26. The summed E-state index contributed by atoms with van der Waals surface area (Å²) in [5.74, 6) is -0.723. The van der Waals surface area contributed by atoms with Gasteiger partial charge in [0.25, 0.3) is 0 Å². The van der Waals surface area contributed by atoms with Crippen LogP contribution >= 0.6 is 0 Å². The van der Waals surface area contributed by atoms with E-state index in [4.69, 9.17) is 0 Å². The summed E-state index contributed by atoms with van der Waals surface area (Å²) in [6.07, 6.45) is 0.210. The van der Waals surface area contributed by atoms with Crippen LogP contribution in [0.1, 0.15) is 16.9 Å². The van der Waals surface area contributed by atoms with E-state index in [0.29, 0.717) is 19.6 Å². The molecule has 0 spiro atoms. The normalized spacial score (nSPS) is 15.1. The number of nitrogens with one attached hydrogen (secondary N) is 1. The van der Waals surface area contributed by atoms with Gasteiger partial charge in [0.15, 0.2) is 5.69 Å². The van der Waals surface area contributed by atoms with Crippen LogP contribution < -0.4 is 10.2 Å². The molecule has 0 atom stereocenters. The van der Waals surface area contributed by atoms with E-state index in [1.54, 1.807) is 4.90 Å². The van der Waals surface area contributed by atoms with Gasteiger partial charge in [0, 0.05) is 32.1 Å². The molecular weight excluding hydrogens is 280 g/mol. The number of nitrogens with zero attached hydrogens (tertiary/aromatic N) is 3. The number of nitro groups is 1. The quantitative estimate of drug-likeness (QED) is 0.477. The van der Waals surface area contributed by atoms with Gasteiger partial charge in [-0.1, -0.05) is 0 Å². The van der Waals surface area contributed by atoms with Crippen LogP contribution in [0.25, 0.3) is 0 Å². The predicted molar refractivity (Wildman–Crippen MR) is 72.1 cm³/mol. The van der Waals surface area contributed by atoms with Gasteiger partial charge in [0.1, 0.15) is 0 Å². The van der Waals surface area contributed by atoms with Gasteiger partial charge in [-0.25, -0.2) is 9.78 Å². The van der Waals surface area contributed by atoms with Crippen molar-refractivity contribution in [3.63, 3.8) is 0 Å². The molecule has 1 aliphatic heterocycles. The molecule has 1 aromatic heterocycles. The molecule has 0 bridgehead atoms. The maximum atomic E-state index is 11.5. The average Bonchev–Trinajstić information content (AvgIpc) is 2.70. The summed E-state index contributed by atoms with van der Waals surface area (Å²) < 4.78 is 4.56. The highest BCUT2D eigenvalue weighted by Gasteiger charge is 2.25. The summed E-state index contributed by atoms with van der Waals surface area (Å²) in [5.41, 5.74) is -0.223. The van der Waals surface area contributed by atoms with Crippen LogP contribution in [0.15, 0.2) is 12.1 Å². The standard InChI is InChI=1S/C12H14N4O5/c1-21-12(18)8-2-3-9(16(19)20)11(14-8)15-6-4-10(17)13-5-7-15/h2-3H,4-7H2,1H3,(H,13,17). The van der Waals surface area contributed by atoms with Crippen molar-refractivity contribution in [3.8, 4) is 0 Å². The summed E-state index contributed by atoms with van der Waals surface area (Å²) in [5, 5.41) is 13.8. The van der Waals surface area contributed by atoms with Gasteiger partial charge in [-0.05, 0) is 6.07 Å². The number of carbonyl (C=O) groups excluding carboxylic acids is 2. The largest absolute Gasteiger partial charge is 0.464 e. The van der Waals surface area contributed by atoms with Crippen molar-refractivity contribution in [2.75, 3.05) is 31.6 Å². The molecule has 0 radical (unpaired) electrons. The minimum absolute atomic E-state index is 0.0124. The number of aromatic nitrogens is 1. The van der Waals surface area contributed by atoms with Crippen molar-refractivity contribution in [1.82, 2.24) is 10.3 Å². The Kier molecular flexibility index (Phi) is 4.31. The van der Waals surface area contributed by atoms with Crippen molar-refractivity contribution >= 4 is 23.4 Å². The highest BCUT2D eigenvalue weighted by molar-refractivity contribution is 5.88. The number of ether oxygens (including phenoxy) is 1. The molecule has 1 aliphatic rings. The van der Waals surface area contributed by atoms with Gasteiger partial charge < -0.3 is 15.0 Å². The number of pyridine rings is 1. The van der Waals surface area contributed by atoms with E-state index < -0.39 is 10.9 Å². The minimum Gasteiger partial charge on any atom is -0.464 e. The van der Waals surface area contributed by atoms with Crippen molar-refractivity contribution < 1.29 is 19.2 Å². The Hall–Kier alpha value is -2.71. The molecule has 9 nitrogen and oxygen atoms in total. The van der Waals surface area contributed by atoms with Crippen molar-refractivity contribution in [1.29, 1.82) is 0 Å². The Labute approximate surface area is 120 Å². The molecule has 9 heteroatoms. The molecule has 112 valence electrons. The second kappa shape index (κ2) is 6.16. The lowest BCUT2D eigenvalue weighted by Crippen LogP contribution is -2.30. The molecule has 0 saturated carbocycles. The van der Waals surface area contributed by atoms with Gasteiger partial charge in [-0.15, -0.1) is 0 Å². The summed E-state index contributed by atoms with van der Waals surface area (Å²) in [6.45, 7) is 1.04. The topological polar surface area (TPSA) is 115 Å². The Morgan fingerprint density at radius 1 is 1.48 bits per heavy atom. The lowest BCUT2D eigenvalue weighted by atomic mass is 10.3. The second-order valence-corrected chi connectivity index (χ2v) is 4.37. The van der Waals surface area contributed by atoms with E-state index in [0.717, 1.165) is 0 Å². The third-order valence-corrected chi connectivity index (χ3v) is 3.06. The first-order valence-electron chi connectivity index (χ1n) is 6.28. The molecule has 1 saturated heterocycles. The van der Waals surface area contributed by atoms with Crippen molar-refractivity contribution in [3.05, 3.63) is 27.9 Å². The fraction of sp³-hybridized carbons (Fsp3) is 0.417. The van der Waals surface area contributed by atoms with E-state index in [1.165, 1.54) is 19.2 Å². The number of amides is 1. The monoisotopic (exact) mass is 294 g/mol. The lowest BCUT2D eigenvalue weighted by Gasteiger charge is -2.20. The fourth-order valence-corrected chi connectivity index (χ4v) is 2.01. The first kappa shape index (κ1) is 14.7. The molecular formula is C12H14N4O5. The van der Waals surface area contributed by atoms with Crippen LogP contribution in [0.3, 0.4) is 0 Å². The van der Waals surface area contributed by atoms with Crippen molar-refractivity contribution in [2.24, 2.45) is 0 Å². The summed E-state index contributed by atoms with van der Waals surface area (Å²) >= 11 is 0. The van der Waals surface area contributed by atoms with Gasteiger partial charge >= 0.3 is 11.7 Å². The molecule has 0 aromatic carbocycles. The Balaban J connectivity index is 2.40. The Bertz CT molecular complexity index is 589. The maximum absolute atomic E-state index is 11.5. The second-order valence-electron chi connectivity index (χ2n) is 4.37. The third-order valence-electron chi connectivity index (χ3n) is 3.06. The van der Waals surface area contributed by atoms with Crippen LogP contribution in [0.5, 0.6) is 0 Å². The molecule has 0 unspecified atom stereocenters. The lowest BCUT2D eigenvalue weighted by molar-refractivity contribution is -0.384. The van der Waals surface area contributed by atoms with Crippen LogP contribution in [0, 0.1) is 10.1 Å². The summed E-state index contributed by atoms with van der Waals surface area (Å²) in [4.78, 5) is 39.0. The predicted octanol–water partition coefficient (Wildman–Crippen LogP) is 0.103. The van der Waals surface area contributed by atoms with Gasteiger partial charge in [0.05, 0.1) is 12.0 Å². The zero-order valence-corrected chi connectivity index (χ0v) is 11.4. The zero-order chi connectivity index (χ0) is 15.4. The molecule has 0 aliphatic carbocycles. The summed E-state index contributed by atoms with van der Waals surface area (Å²) in [6, 6.07) is 2.46. The first-order valence-corrected chi connectivity index (χ1v) is 6.28. The molecule has 2 heterocycles. The fourth-order valence-electron chi connectivity index (χ4n) is 2.01. The SMILES string of the molecule is COC(=O)c1ccc([N+](=O)[O-])c(N2CCNC(=O)CC2)n1. The van der Waals surface area contributed by atoms with E-state index in [9.17, 15) is 19.7 Å². The number of rotatable bonds is 3. The van der Waals surface area contributed by atoms with E-state index >= 15 is 0 Å². The Morgan fingerprint density at radius 2 is 2.24 bits per heavy atom. The number of anilines is 1. The number of carbonyl (C=O) groups is 2. The van der Waals surface area contributed by atoms with Crippen LogP contribution in [0.2, 0.25) is 0 Å². The van der Waals surface area contributed by atoms with Crippen LogP contribution in [-0.4, -0.2) is 48.5 Å². The zero-order valence-electron chi connectivity index (χ0n) is 11.4.